The number of nitrogens with zero attached hydrogens (tertiary/aromatic N) is 1. The topological polar surface area (TPSA) is 64.4 Å². The monoisotopic (exact) mass is 284 g/mol. The van der Waals surface area contributed by atoms with Crippen LogP contribution in [0.15, 0.2) is 18.2 Å². The van der Waals surface area contributed by atoms with Crippen LogP contribution < -0.4 is 10.1 Å². The predicted molar refractivity (Wildman–Crippen MR) is 78.9 cm³/mol. The standard InChI is InChI=1S/C13H20N2O3S/c1-4-11(9-19-3)14-8-10-5-6-13(18-2)12(7-10)15(16)17/h5-7,11,14H,4,8-9H2,1-3H3. The molecule has 0 saturated heterocycles. The van der Waals surface area contributed by atoms with E-state index < -0.39 is 4.92 Å². The number of nitro benzene ring substituents is 1. The van der Waals surface area contributed by atoms with Gasteiger partial charge in [0.1, 0.15) is 0 Å². The maximum absolute atomic E-state index is 10.9. The lowest BCUT2D eigenvalue weighted by molar-refractivity contribution is -0.385. The molecule has 0 aliphatic carbocycles. The van der Waals surface area contributed by atoms with Crippen LogP contribution in [0.5, 0.6) is 5.75 Å². The van der Waals surface area contributed by atoms with Crippen LogP contribution in [0.1, 0.15) is 18.9 Å². The first-order valence-corrected chi connectivity index (χ1v) is 7.55. The van der Waals surface area contributed by atoms with Gasteiger partial charge in [-0.15, -0.1) is 0 Å². The first-order valence-electron chi connectivity index (χ1n) is 6.16. The third-order valence-electron chi connectivity index (χ3n) is 2.90. The minimum atomic E-state index is -0.415. The van der Waals surface area contributed by atoms with Crippen molar-refractivity contribution >= 4 is 17.4 Å². The predicted octanol–water partition coefficient (Wildman–Crippen LogP) is 2.83. The van der Waals surface area contributed by atoms with Gasteiger partial charge in [-0.2, -0.15) is 11.8 Å². The third-order valence-corrected chi connectivity index (χ3v) is 3.63. The number of nitro groups is 1. The lowest BCUT2D eigenvalue weighted by Gasteiger charge is -2.15. The van der Waals surface area contributed by atoms with E-state index in [4.69, 9.17) is 4.74 Å². The summed E-state index contributed by atoms with van der Waals surface area (Å²) in [6.07, 6.45) is 3.11. The van der Waals surface area contributed by atoms with Crippen molar-refractivity contribution in [3.05, 3.63) is 33.9 Å². The number of thioether (sulfide) groups is 1. The Morgan fingerprint density at radius 2 is 2.26 bits per heavy atom. The molecule has 0 aliphatic rings. The average Bonchev–Trinajstić information content (AvgIpc) is 2.43. The SMILES string of the molecule is CCC(CSC)NCc1ccc(OC)c([N+](=O)[O-])c1. The Balaban J connectivity index is 2.74. The van der Waals surface area contributed by atoms with Crippen molar-refractivity contribution in [2.24, 2.45) is 0 Å². The van der Waals surface area contributed by atoms with Crippen molar-refractivity contribution in [1.82, 2.24) is 5.32 Å². The maximum atomic E-state index is 10.9. The van der Waals surface area contributed by atoms with Crippen LogP contribution in [-0.2, 0) is 6.54 Å². The van der Waals surface area contributed by atoms with E-state index in [9.17, 15) is 10.1 Å². The molecule has 0 spiro atoms. The quantitative estimate of drug-likeness (QED) is 0.587. The Morgan fingerprint density at radius 1 is 1.53 bits per heavy atom. The summed E-state index contributed by atoms with van der Waals surface area (Å²) in [7, 11) is 1.44. The number of hydrogen-bond donors (Lipinski definition) is 1. The second-order valence-electron chi connectivity index (χ2n) is 4.20. The van der Waals surface area contributed by atoms with Gasteiger partial charge in [0.05, 0.1) is 12.0 Å². The molecule has 0 heterocycles. The molecule has 1 N–H and O–H groups in total. The highest BCUT2D eigenvalue weighted by Crippen LogP contribution is 2.27. The lowest BCUT2D eigenvalue weighted by Crippen LogP contribution is -2.30. The second kappa shape index (κ2) is 8.01. The molecular formula is C13H20N2O3S. The normalized spacial score (nSPS) is 12.2. The van der Waals surface area contributed by atoms with Crippen LogP contribution >= 0.6 is 11.8 Å². The van der Waals surface area contributed by atoms with Crippen molar-refractivity contribution in [3.8, 4) is 5.75 Å². The summed E-state index contributed by atoms with van der Waals surface area (Å²) in [4.78, 5) is 10.5. The van der Waals surface area contributed by atoms with Gasteiger partial charge in [-0.3, -0.25) is 10.1 Å². The van der Waals surface area contributed by atoms with E-state index in [0.29, 0.717) is 18.3 Å². The fourth-order valence-electron chi connectivity index (χ4n) is 1.77. The van der Waals surface area contributed by atoms with E-state index in [-0.39, 0.29) is 5.69 Å². The van der Waals surface area contributed by atoms with E-state index in [1.807, 2.05) is 6.07 Å². The molecule has 0 bridgehead atoms. The largest absolute Gasteiger partial charge is 0.490 e. The zero-order chi connectivity index (χ0) is 14.3. The van der Waals surface area contributed by atoms with Gasteiger partial charge >= 0.3 is 5.69 Å². The first kappa shape index (κ1) is 15.8. The Hall–Kier alpha value is -1.27. The molecule has 1 atom stereocenters. The molecule has 19 heavy (non-hydrogen) atoms. The highest BCUT2D eigenvalue weighted by atomic mass is 32.2. The molecule has 0 fully saturated rings. The van der Waals surface area contributed by atoms with Crippen molar-refractivity contribution < 1.29 is 9.66 Å². The van der Waals surface area contributed by atoms with Gasteiger partial charge in [0.15, 0.2) is 5.75 Å². The molecule has 0 aromatic heterocycles. The molecule has 5 nitrogen and oxygen atoms in total. The van der Waals surface area contributed by atoms with Crippen LogP contribution in [0, 0.1) is 10.1 Å². The average molecular weight is 284 g/mol. The van der Waals surface area contributed by atoms with Gasteiger partial charge in [-0.05, 0) is 24.3 Å². The van der Waals surface area contributed by atoms with E-state index >= 15 is 0 Å². The summed E-state index contributed by atoms with van der Waals surface area (Å²) < 4.78 is 4.98. The zero-order valence-electron chi connectivity index (χ0n) is 11.5. The summed E-state index contributed by atoms with van der Waals surface area (Å²) in [5.41, 5.74) is 0.909. The molecule has 6 heteroatoms. The number of ether oxygens (including phenoxy) is 1. The fourth-order valence-corrected chi connectivity index (χ4v) is 2.53. The first-order chi connectivity index (χ1) is 9.12. The fraction of sp³-hybridized carbons (Fsp3) is 0.538. The lowest BCUT2D eigenvalue weighted by atomic mass is 10.1. The molecule has 1 aromatic rings. The molecule has 1 unspecified atom stereocenters. The highest BCUT2D eigenvalue weighted by Gasteiger charge is 2.15. The van der Waals surface area contributed by atoms with Crippen molar-refractivity contribution in [1.29, 1.82) is 0 Å². The number of methoxy groups -OCH3 is 1. The van der Waals surface area contributed by atoms with Crippen LogP contribution in [0.25, 0.3) is 0 Å². The van der Waals surface area contributed by atoms with Crippen molar-refractivity contribution in [2.45, 2.75) is 25.9 Å². The maximum Gasteiger partial charge on any atom is 0.311 e. The molecule has 0 saturated carbocycles. The summed E-state index contributed by atoms with van der Waals surface area (Å²) in [5, 5.41) is 14.3. The van der Waals surface area contributed by atoms with Crippen LogP contribution in [0.2, 0.25) is 0 Å². The Labute approximate surface area is 117 Å². The molecule has 0 radical (unpaired) electrons. The van der Waals surface area contributed by atoms with E-state index in [1.165, 1.54) is 7.11 Å². The minimum Gasteiger partial charge on any atom is -0.490 e. The molecule has 0 aliphatic heterocycles. The molecule has 1 aromatic carbocycles. The van der Waals surface area contributed by atoms with Gasteiger partial charge < -0.3 is 10.1 Å². The number of benzene rings is 1. The number of nitrogens with one attached hydrogen (secondary N) is 1. The van der Waals surface area contributed by atoms with Gasteiger partial charge in [-0.1, -0.05) is 13.0 Å². The molecular weight excluding hydrogens is 264 g/mol. The molecule has 1 rings (SSSR count). The Bertz CT molecular complexity index is 426. The third kappa shape index (κ3) is 4.72. The van der Waals surface area contributed by atoms with Crippen LogP contribution in [-0.4, -0.2) is 30.1 Å². The Kier molecular flexibility index (Phi) is 6.66. The van der Waals surface area contributed by atoms with Crippen molar-refractivity contribution in [2.75, 3.05) is 19.1 Å². The molecule has 106 valence electrons. The van der Waals surface area contributed by atoms with Gasteiger partial charge in [0, 0.05) is 24.4 Å². The summed E-state index contributed by atoms with van der Waals surface area (Å²) in [6, 6.07) is 5.49. The van der Waals surface area contributed by atoms with Crippen molar-refractivity contribution in [3.63, 3.8) is 0 Å². The van der Waals surface area contributed by atoms with Gasteiger partial charge in [0.2, 0.25) is 0 Å². The molecule has 0 amide bonds. The minimum absolute atomic E-state index is 0.0136. The number of rotatable bonds is 8. The second-order valence-corrected chi connectivity index (χ2v) is 5.12. The summed E-state index contributed by atoms with van der Waals surface area (Å²) >= 11 is 1.79. The Morgan fingerprint density at radius 3 is 2.79 bits per heavy atom. The highest BCUT2D eigenvalue weighted by molar-refractivity contribution is 7.98. The zero-order valence-corrected chi connectivity index (χ0v) is 12.3. The van der Waals surface area contributed by atoms with E-state index in [1.54, 1.807) is 23.9 Å². The number of hydrogen-bond acceptors (Lipinski definition) is 5. The van der Waals surface area contributed by atoms with E-state index in [2.05, 4.69) is 18.5 Å². The summed E-state index contributed by atoms with van der Waals surface area (Å²) in [5.74, 6) is 1.33. The van der Waals surface area contributed by atoms with Crippen LogP contribution in [0.3, 0.4) is 0 Å². The smallest absolute Gasteiger partial charge is 0.311 e. The van der Waals surface area contributed by atoms with Crippen LogP contribution in [0.4, 0.5) is 5.69 Å². The summed E-state index contributed by atoms with van der Waals surface area (Å²) in [6.45, 7) is 2.76. The van der Waals surface area contributed by atoms with Gasteiger partial charge in [0.25, 0.3) is 0 Å². The van der Waals surface area contributed by atoms with Gasteiger partial charge in [-0.25, -0.2) is 0 Å². The van der Waals surface area contributed by atoms with E-state index in [0.717, 1.165) is 17.7 Å².